The molecule has 0 spiro atoms. The number of rotatable bonds is 5. The number of carbonyl (C=O) groups excluding carboxylic acids is 1. The van der Waals surface area contributed by atoms with Crippen LogP contribution < -0.4 is 10.6 Å². The highest BCUT2D eigenvalue weighted by Gasteiger charge is 2.22. The lowest BCUT2D eigenvalue weighted by atomic mass is 10.1. The number of nitrogens with zero attached hydrogens (tertiary/aromatic N) is 1. The third-order valence-corrected chi connectivity index (χ3v) is 2.62. The van der Waals surface area contributed by atoms with E-state index in [1.165, 1.54) is 6.42 Å². The van der Waals surface area contributed by atoms with Gasteiger partial charge in [0.05, 0.1) is 13.1 Å². The van der Waals surface area contributed by atoms with E-state index in [-0.39, 0.29) is 5.91 Å². The number of likely N-dealkylation sites (tertiary alicyclic amines) is 1. The molecule has 1 amide bonds. The Labute approximate surface area is 91.4 Å². The Morgan fingerprint density at radius 3 is 3.13 bits per heavy atom. The molecule has 0 aliphatic carbocycles. The van der Waals surface area contributed by atoms with Crippen LogP contribution in [0.15, 0.2) is 0 Å². The fourth-order valence-corrected chi connectivity index (χ4v) is 1.92. The van der Waals surface area contributed by atoms with Gasteiger partial charge in [-0.05, 0) is 32.5 Å². The molecule has 1 atom stereocenters. The summed E-state index contributed by atoms with van der Waals surface area (Å²) in [7, 11) is 1.96. The Morgan fingerprint density at radius 1 is 1.67 bits per heavy atom. The minimum absolute atomic E-state index is 0.0260. The SMILES string of the molecule is C#CCNC(=O)CN1CCC(CNC)C1. The highest BCUT2D eigenvalue weighted by Crippen LogP contribution is 2.14. The molecule has 0 bridgehead atoms. The predicted molar refractivity (Wildman–Crippen MR) is 60.3 cm³/mol. The Hall–Kier alpha value is -1.05. The highest BCUT2D eigenvalue weighted by atomic mass is 16.2. The van der Waals surface area contributed by atoms with Crippen molar-refractivity contribution in [3.05, 3.63) is 0 Å². The lowest BCUT2D eigenvalue weighted by molar-refractivity contribution is -0.121. The molecule has 2 N–H and O–H groups in total. The van der Waals surface area contributed by atoms with Crippen molar-refractivity contribution in [2.75, 3.05) is 39.8 Å². The van der Waals surface area contributed by atoms with Gasteiger partial charge in [-0.3, -0.25) is 9.69 Å². The first-order valence-electron chi connectivity index (χ1n) is 5.33. The van der Waals surface area contributed by atoms with Gasteiger partial charge >= 0.3 is 0 Å². The maximum atomic E-state index is 11.4. The van der Waals surface area contributed by atoms with Gasteiger partial charge in [0.25, 0.3) is 0 Å². The van der Waals surface area contributed by atoms with Gasteiger partial charge in [0, 0.05) is 6.54 Å². The van der Waals surface area contributed by atoms with Crippen molar-refractivity contribution < 1.29 is 4.79 Å². The van der Waals surface area contributed by atoms with Crippen LogP contribution in [0.3, 0.4) is 0 Å². The summed E-state index contributed by atoms with van der Waals surface area (Å²) in [6.07, 6.45) is 6.23. The van der Waals surface area contributed by atoms with Gasteiger partial charge in [0.2, 0.25) is 5.91 Å². The quantitative estimate of drug-likeness (QED) is 0.587. The second kappa shape index (κ2) is 6.44. The largest absolute Gasteiger partial charge is 0.344 e. The molecule has 15 heavy (non-hydrogen) atoms. The number of amides is 1. The summed E-state index contributed by atoms with van der Waals surface area (Å²) in [5, 5.41) is 5.84. The number of hydrogen-bond acceptors (Lipinski definition) is 3. The third-order valence-electron chi connectivity index (χ3n) is 2.62. The molecule has 4 heteroatoms. The van der Waals surface area contributed by atoms with Gasteiger partial charge in [-0.1, -0.05) is 5.92 Å². The highest BCUT2D eigenvalue weighted by molar-refractivity contribution is 5.78. The van der Waals surface area contributed by atoms with Crippen LogP contribution in [0.1, 0.15) is 6.42 Å². The first-order chi connectivity index (χ1) is 7.26. The molecule has 1 unspecified atom stereocenters. The average Bonchev–Trinajstić information content (AvgIpc) is 2.63. The summed E-state index contributed by atoms with van der Waals surface area (Å²) >= 11 is 0. The topological polar surface area (TPSA) is 44.4 Å². The Morgan fingerprint density at radius 2 is 2.47 bits per heavy atom. The van der Waals surface area contributed by atoms with Crippen LogP contribution in [0, 0.1) is 18.3 Å². The summed E-state index contributed by atoms with van der Waals surface area (Å²) < 4.78 is 0. The second-order valence-electron chi connectivity index (χ2n) is 3.93. The van der Waals surface area contributed by atoms with Crippen molar-refractivity contribution >= 4 is 5.91 Å². The summed E-state index contributed by atoms with van der Waals surface area (Å²) in [6.45, 7) is 3.84. The van der Waals surface area contributed by atoms with E-state index < -0.39 is 0 Å². The zero-order valence-corrected chi connectivity index (χ0v) is 9.25. The van der Waals surface area contributed by atoms with Gasteiger partial charge in [0.1, 0.15) is 0 Å². The monoisotopic (exact) mass is 209 g/mol. The van der Waals surface area contributed by atoms with Crippen molar-refractivity contribution in [3.8, 4) is 12.3 Å². The maximum absolute atomic E-state index is 11.4. The van der Waals surface area contributed by atoms with Crippen molar-refractivity contribution in [1.29, 1.82) is 0 Å². The molecule has 1 aliphatic heterocycles. The average molecular weight is 209 g/mol. The minimum atomic E-state index is 0.0260. The first-order valence-corrected chi connectivity index (χ1v) is 5.33. The molecular formula is C11H19N3O. The van der Waals surface area contributed by atoms with Crippen LogP contribution in [0.4, 0.5) is 0 Å². The zero-order chi connectivity index (χ0) is 11.1. The summed E-state index contributed by atoms with van der Waals surface area (Å²) in [5.74, 6) is 3.09. The fraction of sp³-hybridized carbons (Fsp3) is 0.727. The number of hydrogen-bond donors (Lipinski definition) is 2. The smallest absolute Gasteiger partial charge is 0.234 e. The van der Waals surface area contributed by atoms with Crippen LogP contribution >= 0.6 is 0 Å². The Kier molecular flexibility index (Phi) is 5.16. The van der Waals surface area contributed by atoms with E-state index in [4.69, 9.17) is 6.42 Å². The lowest BCUT2D eigenvalue weighted by Crippen LogP contribution is -2.36. The maximum Gasteiger partial charge on any atom is 0.234 e. The lowest BCUT2D eigenvalue weighted by Gasteiger charge is -2.14. The number of terminal acetylenes is 1. The molecule has 4 nitrogen and oxygen atoms in total. The van der Waals surface area contributed by atoms with E-state index in [0.29, 0.717) is 19.0 Å². The van der Waals surface area contributed by atoms with Gasteiger partial charge in [-0.2, -0.15) is 0 Å². The van der Waals surface area contributed by atoms with Crippen LogP contribution in [0.25, 0.3) is 0 Å². The standard InChI is InChI=1S/C11H19N3O/c1-3-5-13-11(15)9-14-6-4-10(8-14)7-12-2/h1,10,12H,4-9H2,2H3,(H,13,15). The van der Waals surface area contributed by atoms with Crippen molar-refractivity contribution in [3.63, 3.8) is 0 Å². The minimum Gasteiger partial charge on any atom is -0.344 e. The molecule has 0 aromatic heterocycles. The molecular weight excluding hydrogens is 190 g/mol. The van der Waals surface area contributed by atoms with Crippen LogP contribution in [-0.2, 0) is 4.79 Å². The van der Waals surface area contributed by atoms with Gasteiger partial charge < -0.3 is 10.6 Å². The van der Waals surface area contributed by atoms with Crippen LogP contribution in [-0.4, -0.2) is 50.6 Å². The number of carbonyl (C=O) groups is 1. The number of nitrogens with one attached hydrogen (secondary N) is 2. The second-order valence-corrected chi connectivity index (χ2v) is 3.93. The summed E-state index contributed by atoms with van der Waals surface area (Å²) in [4.78, 5) is 13.5. The van der Waals surface area contributed by atoms with Crippen LogP contribution in [0.5, 0.6) is 0 Å². The van der Waals surface area contributed by atoms with E-state index in [1.807, 2.05) is 7.05 Å². The molecule has 84 valence electrons. The van der Waals surface area contributed by atoms with Crippen molar-refractivity contribution in [2.45, 2.75) is 6.42 Å². The van der Waals surface area contributed by atoms with Crippen molar-refractivity contribution in [2.24, 2.45) is 5.92 Å². The Bertz CT molecular complexity index is 247. The molecule has 0 saturated carbocycles. The summed E-state index contributed by atoms with van der Waals surface area (Å²) in [6, 6.07) is 0. The fourth-order valence-electron chi connectivity index (χ4n) is 1.92. The van der Waals surface area contributed by atoms with Gasteiger partial charge in [-0.25, -0.2) is 0 Å². The molecule has 0 aromatic rings. The molecule has 1 fully saturated rings. The van der Waals surface area contributed by atoms with Gasteiger partial charge in [0.15, 0.2) is 0 Å². The van der Waals surface area contributed by atoms with E-state index in [2.05, 4.69) is 21.5 Å². The normalized spacial score (nSPS) is 21.2. The molecule has 1 heterocycles. The zero-order valence-electron chi connectivity index (χ0n) is 9.25. The third kappa shape index (κ3) is 4.32. The van der Waals surface area contributed by atoms with E-state index in [0.717, 1.165) is 19.6 Å². The van der Waals surface area contributed by atoms with E-state index >= 15 is 0 Å². The molecule has 1 aliphatic rings. The van der Waals surface area contributed by atoms with Gasteiger partial charge in [-0.15, -0.1) is 6.42 Å². The first kappa shape index (κ1) is 12.0. The van der Waals surface area contributed by atoms with E-state index in [9.17, 15) is 4.79 Å². The van der Waals surface area contributed by atoms with Crippen LogP contribution in [0.2, 0.25) is 0 Å². The summed E-state index contributed by atoms with van der Waals surface area (Å²) in [5.41, 5.74) is 0. The molecule has 1 saturated heterocycles. The predicted octanol–water partition coefficient (Wildman–Crippen LogP) is -0.723. The molecule has 1 rings (SSSR count). The Balaban J connectivity index is 2.18. The molecule has 0 aromatic carbocycles. The van der Waals surface area contributed by atoms with Crippen molar-refractivity contribution in [1.82, 2.24) is 15.5 Å². The van der Waals surface area contributed by atoms with E-state index in [1.54, 1.807) is 0 Å². The molecule has 0 radical (unpaired) electrons.